The molecule has 1 atom stereocenters. The molecule has 0 radical (unpaired) electrons. The summed E-state index contributed by atoms with van der Waals surface area (Å²) in [6.07, 6.45) is 1.58. The number of nitrogens with two attached hydrogens (primary N) is 1. The first kappa shape index (κ1) is 16.4. The van der Waals surface area contributed by atoms with Crippen LogP contribution in [-0.2, 0) is 4.79 Å². The van der Waals surface area contributed by atoms with Gasteiger partial charge in [0.2, 0.25) is 5.91 Å². The number of anilines is 2. The monoisotopic (exact) mass is 331 g/mol. The Labute approximate surface area is 145 Å². The van der Waals surface area contributed by atoms with Crippen molar-refractivity contribution in [3.8, 4) is 17.3 Å². The Bertz CT molecular complexity index is 1010. The minimum absolute atomic E-state index is 0.376. The van der Waals surface area contributed by atoms with E-state index in [1.807, 2.05) is 43.3 Å². The number of nitriles is 1. The molecule has 3 rings (SSSR count). The first-order valence-electron chi connectivity index (χ1n) is 7.82. The summed E-state index contributed by atoms with van der Waals surface area (Å²) in [7, 11) is 0. The number of nitrogen functional groups attached to an aromatic ring is 1. The molecule has 3 N–H and O–H groups in total. The molecular formula is C19H17N5O. The average Bonchev–Trinajstić information content (AvgIpc) is 2.61. The summed E-state index contributed by atoms with van der Waals surface area (Å²) in [5.74, 6) is -0.384. The second-order valence-corrected chi connectivity index (χ2v) is 5.84. The minimum Gasteiger partial charge on any atom is -0.383 e. The van der Waals surface area contributed by atoms with Gasteiger partial charge in [-0.15, -0.1) is 0 Å². The standard InChI is InChI=1S/C19H17N5O/c1-11-5-3-4-6-14(11)16-7-13-8-17(24-19(25)12(2)9-20)22-10-15(13)18(21)23-16/h3-8,10,12H,1-2H3,(H2,21,23)(H,22,24,25)/t12-/m0/s1. The molecule has 3 aromatic rings. The van der Waals surface area contributed by atoms with E-state index in [-0.39, 0.29) is 0 Å². The van der Waals surface area contributed by atoms with Crippen LogP contribution in [0.1, 0.15) is 12.5 Å². The summed E-state index contributed by atoms with van der Waals surface area (Å²) in [4.78, 5) is 20.5. The maximum absolute atomic E-state index is 11.9. The summed E-state index contributed by atoms with van der Waals surface area (Å²) >= 11 is 0. The minimum atomic E-state index is -0.748. The van der Waals surface area contributed by atoms with Gasteiger partial charge in [0.15, 0.2) is 0 Å². The van der Waals surface area contributed by atoms with Gasteiger partial charge in [-0.1, -0.05) is 24.3 Å². The van der Waals surface area contributed by atoms with E-state index in [0.717, 1.165) is 22.2 Å². The molecule has 0 aliphatic carbocycles. The van der Waals surface area contributed by atoms with Gasteiger partial charge in [-0.25, -0.2) is 9.97 Å². The highest BCUT2D eigenvalue weighted by molar-refractivity contribution is 5.98. The zero-order chi connectivity index (χ0) is 18.0. The number of carbonyl (C=O) groups is 1. The molecule has 124 valence electrons. The fourth-order valence-electron chi connectivity index (χ4n) is 2.53. The van der Waals surface area contributed by atoms with Crippen LogP contribution in [0.5, 0.6) is 0 Å². The first-order chi connectivity index (χ1) is 12.0. The highest BCUT2D eigenvalue weighted by atomic mass is 16.1. The van der Waals surface area contributed by atoms with Gasteiger partial charge in [0.25, 0.3) is 0 Å². The van der Waals surface area contributed by atoms with E-state index in [0.29, 0.717) is 17.0 Å². The van der Waals surface area contributed by atoms with Crippen molar-refractivity contribution < 1.29 is 4.79 Å². The number of nitrogens with zero attached hydrogens (tertiary/aromatic N) is 3. The van der Waals surface area contributed by atoms with Crippen molar-refractivity contribution in [1.29, 1.82) is 5.26 Å². The number of benzene rings is 1. The number of rotatable bonds is 3. The lowest BCUT2D eigenvalue weighted by molar-refractivity contribution is -0.117. The Morgan fingerprint density at radius 1 is 1.32 bits per heavy atom. The van der Waals surface area contributed by atoms with Gasteiger partial charge in [-0.05, 0) is 36.9 Å². The summed E-state index contributed by atoms with van der Waals surface area (Å²) in [5.41, 5.74) is 8.94. The van der Waals surface area contributed by atoms with Crippen molar-refractivity contribution in [2.24, 2.45) is 5.92 Å². The SMILES string of the molecule is Cc1ccccc1-c1cc2cc(NC(=O)[C@@H](C)C#N)ncc2c(N)n1. The molecular weight excluding hydrogens is 314 g/mol. The van der Waals surface area contributed by atoms with Gasteiger partial charge in [0, 0.05) is 17.1 Å². The largest absolute Gasteiger partial charge is 0.383 e. The molecule has 6 nitrogen and oxygen atoms in total. The van der Waals surface area contributed by atoms with Crippen molar-refractivity contribution >= 4 is 28.3 Å². The van der Waals surface area contributed by atoms with E-state index in [4.69, 9.17) is 11.0 Å². The Morgan fingerprint density at radius 2 is 2.08 bits per heavy atom. The summed E-state index contributed by atoms with van der Waals surface area (Å²) in [6, 6.07) is 13.5. The number of pyridine rings is 2. The smallest absolute Gasteiger partial charge is 0.242 e. The fraction of sp³-hybridized carbons (Fsp3) is 0.158. The van der Waals surface area contributed by atoms with Crippen molar-refractivity contribution in [2.45, 2.75) is 13.8 Å². The Hall–Kier alpha value is -3.46. The van der Waals surface area contributed by atoms with Crippen LogP contribution in [0.3, 0.4) is 0 Å². The number of fused-ring (bicyclic) bond motifs is 1. The van der Waals surface area contributed by atoms with Gasteiger partial charge in [0.05, 0.1) is 11.8 Å². The Kier molecular flexibility index (Phi) is 4.31. The Morgan fingerprint density at radius 3 is 2.80 bits per heavy atom. The highest BCUT2D eigenvalue weighted by Crippen LogP contribution is 2.28. The predicted octanol–water partition coefficient (Wildman–Crippen LogP) is 3.29. The summed E-state index contributed by atoms with van der Waals surface area (Å²) < 4.78 is 0. The molecule has 0 unspecified atom stereocenters. The third kappa shape index (κ3) is 3.26. The lowest BCUT2D eigenvalue weighted by Gasteiger charge is -2.10. The van der Waals surface area contributed by atoms with Gasteiger partial charge in [-0.3, -0.25) is 4.79 Å². The van der Waals surface area contributed by atoms with Crippen LogP contribution in [0.15, 0.2) is 42.6 Å². The molecule has 0 aliphatic heterocycles. The quantitative estimate of drug-likeness (QED) is 0.766. The van der Waals surface area contributed by atoms with Crippen molar-refractivity contribution in [1.82, 2.24) is 9.97 Å². The maximum Gasteiger partial charge on any atom is 0.242 e. The van der Waals surface area contributed by atoms with Crippen LogP contribution in [-0.4, -0.2) is 15.9 Å². The first-order valence-corrected chi connectivity index (χ1v) is 7.82. The van der Waals surface area contributed by atoms with Gasteiger partial charge < -0.3 is 11.1 Å². The molecule has 0 saturated heterocycles. The lowest BCUT2D eigenvalue weighted by atomic mass is 10.0. The molecule has 25 heavy (non-hydrogen) atoms. The van der Waals surface area contributed by atoms with E-state index in [1.54, 1.807) is 12.3 Å². The van der Waals surface area contributed by atoms with Gasteiger partial charge >= 0.3 is 0 Å². The number of hydrogen-bond acceptors (Lipinski definition) is 5. The van der Waals surface area contributed by atoms with Crippen molar-refractivity contribution in [3.63, 3.8) is 0 Å². The molecule has 6 heteroatoms. The van der Waals surface area contributed by atoms with Crippen molar-refractivity contribution in [2.75, 3.05) is 11.1 Å². The molecule has 1 amide bonds. The number of nitrogens with one attached hydrogen (secondary N) is 1. The molecule has 1 aromatic carbocycles. The van der Waals surface area contributed by atoms with Crippen LogP contribution < -0.4 is 11.1 Å². The third-order valence-corrected chi connectivity index (χ3v) is 4.00. The maximum atomic E-state index is 11.9. The average molecular weight is 331 g/mol. The summed E-state index contributed by atoms with van der Waals surface area (Å²) in [5, 5.41) is 13.0. The molecule has 0 fully saturated rings. The van der Waals surface area contributed by atoms with Gasteiger partial charge in [-0.2, -0.15) is 5.26 Å². The lowest BCUT2D eigenvalue weighted by Crippen LogP contribution is -2.19. The van der Waals surface area contributed by atoms with Crippen LogP contribution in [0.25, 0.3) is 22.0 Å². The molecule has 0 bridgehead atoms. The Balaban J connectivity index is 2.05. The molecule has 0 spiro atoms. The topological polar surface area (TPSA) is 105 Å². The van der Waals surface area contributed by atoms with Gasteiger partial charge in [0.1, 0.15) is 17.6 Å². The second kappa shape index (κ2) is 6.57. The number of amides is 1. The number of aryl methyl sites for hydroxylation is 1. The molecule has 0 aliphatic rings. The van der Waals surface area contributed by atoms with Crippen LogP contribution >= 0.6 is 0 Å². The number of hydrogen-bond donors (Lipinski definition) is 2. The number of aromatic nitrogens is 2. The second-order valence-electron chi connectivity index (χ2n) is 5.84. The van der Waals surface area contributed by atoms with E-state index in [1.165, 1.54) is 6.92 Å². The van der Waals surface area contributed by atoms with E-state index in [2.05, 4.69) is 15.3 Å². The van der Waals surface area contributed by atoms with E-state index >= 15 is 0 Å². The summed E-state index contributed by atoms with van der Waals surface area (Å²) in [6.45, 7) is 3.55. The zero-order valence-corrected chi connectivity index (χ0v) is 13.9. The zero-order valence-electron chi connectivity index (χ0n) is 13.9. The van der Waals surface area contributed by atoms with Crippen molar-refractivity contribution in [3.05, 3.63) is 48.2 Å². The van der Waals surface area contributed by atoms with Crippen LogP contribution in [0, 0.1) is 24.2 Å². The fourth-order valence-corrected chi connectivity index (χ4v) is 2.53. The van der Waals surface area contributed by atoms with E-state index in [9.17, 15) is 4.79 Å². The highest BCUT2D eigenvalue weighted by Gasteiger charge is 2.13. The predicted molar refractivity (Wildman–Crippen MR) is 97.5 cm³/mol. The molecule has 2 aromatic heterocycles. The number of carbonyl (C=O) groups excluding carboxylic acids is 1. The third-order valence-electron chi connectivity index (χ3n) is 4.00. The molecule has 2 heterocycles. The van der Waals surface area contributed by atoms with Crippen LogP contribution in [0.4, 0.5) is 11.6 Å². The van der Waals surface area contributed by atoms with Crippen LogP contribution in [0.2, 0.25) is 0 Å². The normalized spacial score (nSPS) is 11.7. The van der Waals surface area contributed by atoms with E-state index < -0.39 is 11.8 Å². The molecule has 0 saturated carbocycles.